The van der Waals surface area contributed by atoms with Crippen molar-refractivity contribution < 1.29 is 32.7 Å². The van der Waals surface area contributed by atoms with E-state index in [1.165, 1.54) is 88.2 Å². The molecule has 8 heteroatoms. The van der Waals surface area contributed by atoms with Gasteiger partial charge >= 0.3 is 0 Å². The van der Waals surface area contributed by atoms with Gasteiger partial charge in [0, 0.05) is 49.6 Å². The summed E-state index contributed by atoms with van der Waals surface area (Å²) >= 11 is 0. The van der Waals surface area contributed by atoms with Crippen LogP contribution in [-0.2, 0) is 45.6 Å². The largest absolute Gasteiger partial charge is 0.654 e. The van der Waals surface area contributed by atoms with Crippen LogP contribution in [0.25, 0.3) is 5.73 Å². The summed E-state index contributed by atoms with van der Waals surface area (Å²) in [6, 6.07) is 19.1. The van der Waals surface area contributed by atoms with Gasteiger partial charge in [0.25, 0.3) is 0 Å². The summed E-state index contributed by atoms with van der Waals surface area (Å²) < 4.78 is 0. The van der Waals surface area contributed by atoms with Gasteiger partial charge in [0.05, 0.1) is 5.56 Å². The molecular weight excluding hydrogens is 631 g/mol. The average Bonchev–Trinajstić information content (AvgIpc) is 3.02. The number of rotatable bonds is 20. The Balaban J connectivity index is 0.00000705. The van der Waals surface area contributed by atoms with E-state index < -0.39 is 6.17 Å². The Hall–Kier alpha value is -2.66. The van der Waals surface area contributed by atoms with Crippen LogP contribution in [0.4, 0.5) is 28.7 Å². The van der Waals surface area contributed by atoms with E-state index in [-0.39, 0.29) is 32.7 Å². The van der Waals surface area contributed by atoms with Gasteiger partial charge in [0.15, 0.2) is 11.6 Å². The Morgan fingerprint density at radius 3 is 1.62 bits per heavy atom. The number of azo groups is 1. The first kappa shape index (κ1) is 38.5. The number of aryl methyl sites for hydroxylation is 2. The number of hydrogen-bond donors (Lipinski definition) is 2. The monoisotopic (exact) mass is 683 g/mol. The number of pyridine rings is 1. The van der Waals surface area contributed by atoms with Gasteiger partial charge in [-0.05, 0) is 74.2 Å². The van der Waals surface area contributed by atoms with Gasteiger partial charge in [0.1, 0.15) is 11.8 Å². The van der Waals surface area contributed by atoms with Crippen molar-refractivity contribution in [1.29, 1.82) is 5.26 Å². The Morgan fingerprint density at radius 2 is 1.18 bits per heavy atom. The Morgan fingerprint density at radius 1 is 0.733 bits per heavy atom. The third-order valence-corrected chi connectivity index (χ3v) is 7.93. The Bertz CT molecular complexity index is 1330. The molecule has 3 aromatic rings. The maximum absolute atomic E-state index is 10.1. The molecule has 0 fully saturated rings. The minimum atomic E-state index is -0.721. The molecule has 1 radical (unpaired) electrons. The van der Waals surface area contributed by atoms with Crippen LogP contribution in [0, 0.1) is 18.3 Å². The predicted molar refractivity (Wildman–Crippen MR) is 186 cm³/mol. The van der Waals surface area contributed by atoms with Gasteiger partial charge in [-0.15, -0.1) is 0 Å². The summed E-state index contributed by atoms with van der Waals surface area (Å²) in [5.74, 6) is 0.963. The molecule has 0 saturated heterocycles. The average molecular weight is 684 g/mol. The molecule has 239 valence electrons. The second-order valence-electron chi connectivity index (χ2n) is 11.8. The van der Waals surface area contributed by atoms with Crippen molar-refractivity contribution in [2.24, 2.45) is 10.2 Å². The summed E-state index contributed by atoms with van der Waals surface area (Å²) in [4.78, 5) is 4.83. The molecule has 0 amide bonds. The van der Waals surface area contributed by atoms with Crippen LogP contribution in [0.3, 0.4) is 0 Å². The molecular formula is C37H52N7Y-. The summed E-state index contributed by atoms with van der Waals surface area (Å²) in [5, 5.41) is 25.3. The standard InChI is InChI=1S/C37H52N7.Y/c1-5-7-9-11-13-15-17-30-19-23-32(24-20-30)40-36-34(27-38)28(3)35(44-43-29(4)39)37(42-36)41-33-25-21-31(22-26-33)18-16-14-12-10-8-6-2;/h19-26,29,39H,5-18H2,1-4H3,(H2,40,41,42);/q-1;. The topological polar surface area (TPSA) is 109 Å². The fourth-order valence-electron chi connectivity index (χ4n) is 5.28. The van der Waals surface area contributed by atoms with Crippen molar-refractivity contribution in [1.82, 2.24) is 4.98 Å². The molecule has 7 nitrogen and oxygen atoms in total. The normalized spacial score (nSPS) is 11.6. The molecule has 1 unspecified atom stereocenters. The van der Waals surface area contributed by atoms with Gasteiger partial charge in [-0.25, -0.2) is 10.1 Å². The van der Waals surface area contributed by atoms with Crippen molar-refractivity contribution in [2.75, 3.05) is 10.6 Å². The molecule has 0 saturated carbocycles. The molecule has 0 bridgehead atoms. The molecule has 0 aliphatic heterocycles. The van der Waals surface area contributed by atoms with Crippen LogP contribution in [0.2, 0.25) is 0 Å². The van der Waals surface area contributed by atoms with Crippen molar-refractivity contribution in [2.45, 2.75) is 124 Å². The maximum atomic E-state index is 10.1. The number of unbranched alkanes of at least 4 members (excludes halogenated alkanes) is 10. The molecule has 1 aromatic heterocycles. The third kappa shape index (κ3) is 13.7. The van der Waals surface area contributed by atoms with E-state index >= 15 is 0 Å². The number of hydrogen-bond acceptors (Lipinski definition) is 6. The third-order valence-electron chi connectivity index (χ3n) is 7.93. The molecule has 1 heterocycles. The van der Waals surface area contributed by atoms with E-state index in [2.05, 4.69) is 89.3 Å². The SMILES string of the molecule is CCCCCCCCc1ccc(Nc2nc(Nc3ccc(CCCCCCCC)cc3)c(N=NC(C)[NH-])c(C)c2C#N)cc1.[Y]. The Labute approximate surface area is 297 Å². The van der Waals surface area contributed by atoms with E-state index in [9.17, 15) is 5.26 Å². The zero-order chi connectivity index (χ0) is 31.6. The van der Waals surface area contributed by atoms with Crippen molar-refractivity contribution in [3.05, 3.63) is 76.5 Å². The second kappa shape index (κ2) is 22.0. The summed E-state index contributed by atoms with van der Waals surface area (Å²) in [6.07, 6.45) is 16.9. The van der Waals surface area contributed by atoms with E-state index in [1.807, 2.05) is 6.92 Å². The van der Waals surface area contributed by atoms with Gasteiger partial charge in [-0.2, -0.15) is 10.4 Å². The van der Waals surface area contributed by atoms with E-state index in [4.69, 9.17) is 10.7 Å². The van der Waals surface area contributed by atoms with Crippen LogP contribution >= 0.6 is 0 Å². The van der Waals surface area contributed by atoms with Crippen LogP contribution < -0.4 is 10.6 Å². The first-order chi connectivity index (χ1) is 21.4. The summed E-state index contributed by atoms with van der Waals surface area (Å²) in [6.45, 7) is 8.00. The summed E-state index contributed by atoms with van der Waals surface area (Å²) in [7, 11) is 0. The number of nitrogens with one attached hydrogen (secondary N) is 3. The van der Waals surface area contributed by atoms with Gasteiger partial charge in [-0.3, -0.25) is 0 Å². The van der Waals surface area contributed by atoms with Gasteiger partial charge < -0.3 is 16.4 Å². The zero-order valence-electron chi connectivity index (χ0n) is 28.0. The number of nitrogens with zero attached hydrogens (tertiary/aromatic N) is 4. The maximum Gasteiger partial charge on any atom is 0.161 e. The number of benzene rings is 2. The van der Waals surface area contributed by atoms with E-state index in [0.29, 0.717) is 28.5 Å². The fourth-order valence-corrected chi connectivity index (χ4v) is 5.28. The van der Waals surface area contributed by atoms with Crippen LogP contribution in [0.5, 0.6) is 0 Å². The van der Waals surface area contributed by atoms with Crippen LogP contribution in [0.1, 0.15) is 120 Å². The first-order valence-electron chi connectivity index (χ1n) is 16.7. The van der Waals surface area contributed by atoms with Gasteiger partial charge in [0.2, 0.25) is 0 Å². The molecule has 0 spiro atoms. The molecule has 0 aliphatic rings. The minimum absolute atomic E-state index is 0. The van der Waals surface area contributed by atoms with Gasteiger partial charge in [-0.1, -0.05) is 109 Å². The van der Waals surface area contributed by atoms with Crippen molar-refractivity contribution >= 4 is 28.7 Å². The zero-order valence-corrected chi connectivity index (χ0v) is 30.8. The molecule has 1 atom stereocenters. The number of aromatic nitrogens is 1. The van der Waals surface area contributed by atoms with Crippen molar-refractivity contribution in [3.8, 4) is 6.07 Å². The first-order valence-corrected chi connectivity index (χ1v) is 16.7. The van der Waals surface area contributed by atoms with E-state index in [1.54, 1.807) is 6.92 Å². The molecule has 0 aliphatic carbocycles. The van der Waals surface area contributed by atoms with Crippen LogP contribution in [0.15, 0.2) is 58.8 Å². The molecule has 45 heavy (non-hydrogen) atoms. The molecule has 2 aromatic carbocycles. The van der Waals surface area contributed by atoms with Crippen LogP contribution in [-0.4, -0.2) is 11.1 Å². The fraction of sp³-hybridized carbons (Fsp3) is 0.514. The molecule has 3 N–H and O–H groups in total. The Kier molecular flexibility index (Phi) is 18.8. The predicted octanol–water partition coefficient (Wildman–Crippen LogP) is 12.0. The molecule has 3 rings (SSSR count). The smallest absolute Gasteiger partial charge is 0.161 e. The quantitative estimate of drug-likeness (QED) is 0.0912. The second-order valence-corrected chi connectivity index (χ2v) is 11.8. The van der Waals surface area contributed by atoms with E-state index in [0.717, 1.165) is 24.2 Å². The summed E-state index contributed by atoms with van der Waals surface area (Å²) in [5.41, 5.74) is 13.8. The minimum Gasteiger partial charge on any atom is -0.654 e. The number of nitriles is 1. The number of anilines is 4. The van der Waals surface area contributed by atoms with Crippen molar-refractivity contribution in [3.63, 3.8) is 0 Å².